The normalized spacial score (nSPS) is 16.1. The van der Waals surface area contributed by atoms with Crippen LogP contribution in [0.15, 0.2) is 0 Å². The van der Waals surface area contributed by atoms with E-state index in [0.717, 1.165) is 0 Å². The average molecular weight is 195 g/mol. The molecular weight excluding hydrogens is 190 g/mol. The maximum Gasteiger partial charge on any atom is 0.350 e. The van der Waals surface area contributed by atoms with Crippen molar-refractivity contribution in [1.82, 2.24) is 0 Å². The van der Waals surface area contributed by atoms with Gasteiger partial charge in [-0.3, -0.25) is 0 Å². The molecule has 0 rings (SSSR count). The lowest BCUT2D eigenvalue weighted by atomic mass is 11.0. The Hall–Kier alpha value is 1.18. The highest BCUT2D eigenvalue weighted by Crippen LogP contribution is 2.32. The van der Waals surface area contributed by atoms with Crippen molar-refractivity contribution in [2.75, 3.05) is 5.75 Å². The summed E-state index contributed by atoms with van der Waals surface area (Å²) in [6.45, 7) is 1.69. The van der Waals surface area contributed by atoms with E-state index in [1.807, 2.05) is 0 Å². The summed E-state index contributed by atoms with van der Waals surface area (Å²) in [6.07, 6.45) is 0. The van der Waals surface area contributed by atoms with Crippen molar-refractivity contribution >= 4 is 46.0 Å². The topological polar surface area (TPSA) is 23.1 Å². The molecule has 1 atom stereocenters. The van der Waals surface area contributed by atoms with Crippen LogP contribution in [0.1, 0.15) is 6.92 Å². The van der Waals surface area contributed by atoms with Crippen molar-refractivity contribution in [3.63, 3.8) is 0 Å². The zero-order valence-electron chi connectivity index (χ0n) is 4.16. The van der Waals surface area contributed by atoms with Gasteiger partial charge in [0.15, 0.2) is 0 Å². The summed E-state index contributed by atoms with van der Waals surface area (Å²) in [5, 5.41) is 0. The highest BCUT2D eigenvalue weighted by Gasteiger charge is 2.33. The van der Waals surface area contributed by atoms with Crippen LogP contribution in [0.5, 0.6) is 0 Å². The molecule has 0 spiro atoms. The Morgan fingerprint density at radius 1 is 1.50 bits per heavy atom. The van der Waals surface area contributed by atoms with Crippen LogP contribution in [0, 0.1) is 0 Å². The highest BCUT2D eigenvalue weighted by molar-refractivity contribution is 7.97. The second-order valence-electron chi connectivity index (χ2n) is 1.08. The summed E-state index contributed by atoms with van der Waals surface area (Å²) in [5.41, 5.74) is 0. The zero-order valence-corrected chi connectivity index (χ0v) is 7.24. The summed E-state index contributed by atoms with van der Waals surface area (Å²) in [7, 11) is 0. The Morgan fingerprint density at radius 3 is 1.88 bits per heavy atom. The molecule has 8 heavy (non-hydrogen) atoms. The monoisotopic (exact) mass is 194 g/mol. The van der Waals surface area contributed by atoms with E-state index in [0.29, 0.717) is 5.75 Å². The molecule has 50 valence electrons. The van der Waals surface area contributed by atoms with Crippen molar-refractivity contribution < 1.29 is 4.55 Å². The fraction of sp³-hybridized carbons (Fsp3) is 1.00. The number of alkyl halides is 3. The SMILES string of the molecule is CC[S+]([O-])C(Cl)(Cl)Cl. The van der Waals surface area contributed by atoms with Gasteiger partial charge in [-0.1, -0.05) is 0 Å². The summed E-state index contributed by atoms with van der Waals surface area (Å²) in [4.78, 5) is 0. The summed E-state index contributed by atoms with van der Waals surface area (Å²) >= 11 is 14.3. The predicted octanol–water partition coefficient (Wildman–Crippen LogP) is 2.08. The van der Waals surface area contributed by atoms with Crippen LogP contribution in [0.25, 0.3) is 0 Å². The van der Waals surface area contributed by atoms with Gasteiger partial charge in [0.2, 0.25) is 0 Å². The van der Waals surface area contributed by atoms with Gasteiger partial charge >= 0.3 is 3.12 Å². The maximum atomic E-state index is 10.5. The first kappa shape index (κ1) is 9.18. The molecule has 0 saturated heterocycles. The van der Waals surface area contributed by atoms with Gasteiger partial charge in [-0.05, 0) is 41.7 Å². The molecule has 0 aliphatic rings. The van der Waals surface area contributed by atoms with E-state index < -0.39 is 14.3 Å². The van der Waals surface area contributed by atoms with Gasteiger partial charge in [0.05, 0.1) is 0 Å². The molecule has 0 N–H and O–H groups in total. The van der Waals surface area contributed by atoms with E-state index in [1.165, 1.54) is 0 Å². The number of hydrogen-bond acceptors (Lipinski definition) is 1. The van der Waals surface area contributed by atoms with E-state index >= 15 is 0 Å². The Bertz CT molecular complexity index is 71.4. The highest BCUT2D eigenvalue weighted by atomic mass is 35.6. The van der Waals surface area contributed by atoms with Gasteiger partial charge in [-0.15, -0.1) is 0 Å². The van der Waals surface area contributed by atoms with Gasteiger partial charge in [0.25, 0.3) is 0 Å². The number of halogens is 3. The fourth-order valence-corrected chi connectivity index (χ4v) is 1.47. The second-order valence-corrected chi connectivity index (χ2v) is 5.91. The lowest BCUT2D eigenvalue weighted by Gasteiger charge is -2.14. The molecule has 0 fully saturated rings. The smallest absolute Gasteiger partial charge is 0.350 e. The van der Waals surface area contributed by atoms with Crippen LogP contribution >= 0.6 is 34.8 Å². The summed E-state index contributed by atoms with van der Waals surface area (Å²) in [6, 6.07) is 0. The number of hydrogen-bond donors (Lipinski definition) is 0. The van der Waals surface area contributed by atoms with Crippen molar-refractivity contribution in [3.8, 4) is 0 Å². The van der Waals surface area contributed by atoms with Gasteiger partial charge < -0.3 is 4.55 Å². The third-order valence-electron chi connectivity index (χ3n) is 0.520. The molecule has 0 aliphatic heterocycles. The van der Waals surface area contributed by atoms with E-state index in [2.05, 4.69) is 0 Å². The molecule has 0 aliphatic carbocycles. The molecular formula is C3H5Cl3OS. The minimum absolute atomic E-state index is 0.372. The average Bonchev–Trinajstić information content (AvgIpc) is 1.62. The van der Waals surface area contributed by atoms with Crippen LogP contribution in [-0.2, 0) is 11.2 Å². The van der Waals surface area contributed by atoms with Crippen molar-refractivity contribution in [2.24, 2.45) is 0 Å². The Labute approximate surface area is 66.5 Å². The van der Waals surface area contributed by atoms with Crippen molar-refractivity contribution in [2.45, 2.75) is 10.0 Å². The minimum atomic E-state index is -1.60. The predicted molar refractivity (Wildman–Crippen MR) is 39.0 cm³/mol. The molecule has 0 bridgehead atoms. The molecule has 0 radical (unpaired) electrons. The zero-order chi connectivity index (χ0) is 6.78. The van der Waals surface area contributed by atoms with E-state index in [4.69, 9.17) is 34.8 Å². The molecule has 0 aromatic heterocycles. The summed E-state index contributed by atoms with van der Waals surface area (Å²) in [5.74, 6) is 0.372. The first-order valence-corrected chi connectivity index (χ1v) is 4.39. The quantitative estimate of drug-likeness (QED) is 0.464. The van der Waals surface area contributed by atoms with Crippen LogP contribution < -0.4 is 0 Å². The van der Waals surface area contributed by atoms with Crippen molar-refractivity contribution in [3.05, 3.63) is 0 Å². The van der Waals surface area contributed by atoms with Gasteiger partial charge in [-0.2, -0.15) is 0 Å². The molecule has 1 nitrogen and oxygen atoms in total. The van der Waals surface area contributed by atoms with Crippen LogP contribution in [0.3, 0.4) is 0 Å². The Morgan fingerprint density at radius 2 is 1.88 bits per heavy atom. The molecule has 0 aromatic rings. The Balaban J connectivity index is 3.62. The molecule has 5 heteroatoms. The fourth-order valence-electron chi connectivity index (χ4n) is 0.164. The molecule has 0 amide bonds. The van der Waals surface area contributed by atoms with Gasteiger partial charge in [-0.25, -0.2) is 0 Å². The summed E-state index contributed by atoms with van der Waals surface area (Å²) < 4.78 is 8.95. The third-order valence-corrected chi connectivity index (χ3v) is 3.11. The first-order valence-electron chi connectivity index (χ1n) is 1.93. The largest absolute Gasteiger partial charge is 0.613 e. The third kappa shape index (κ3) is 3.25. The lowest BCUT2D eigenvalue weighted by Crippen LogP contribution is -2.21. The Kier molecular flexibility index (Phi) is 3.87. The van der Waals surface area contributed by atoms with Crippen LogP contribution in [0.2, 0.25) is 0 Å². The molecule has 0 heterocycles. The molecule has 0 aromatic carbocycles. The first-order chi connectivity index (χ1) is 3.48. The van der Waals surface area contributed by atoms with Gasteiger partial charge in [0.1, 0.15) is 5.75 Å². The number of rotatable bonds is 1. The lowest BCUT2D eigenvalue weighted by molar-refractivity contribution is 0.596. The molecule has 1 unspecified atom stereocenters. The van der Waals surface area contributed by atoms with E-state index in [1.54, 1.807) is 6.92 Å². The minimum Gasteiger partial charge on any atom is -0.613 e. The van der Waals surface area contributed by atoms with Crippen LogP contribution in [0.4, 0.5) is 0 Å². The maximum absolute atomic E-state index is 10.5. The molecule has 0 saturated carbocycles. The van der Waals surface area contributed by atoms with E-state index in [9.17, 15) is 4.55 Å². The van der Waals surface area contributed by atoms with Crippen molar-refractivity contribution in [1.29, 1.82) is 0 Å². The second kappa shape index (κ2) is 3.37. The van der Waals surface area contributed by atoms with E-state index in [-0.39, 0.29) is 0 Å². The van der Waals surface area contributed by atoms with Crippen LogP contribution in [-0.4, -0.2) is 13.4 Å². The standard InChI is InChI=1S/C3H5Cl3OS/c1-2-8(7)3(4,5)6/h2H2,1H3. The van der Waals surface area contributed by atoms with Gasteiger partial charge in [0, 0.05) is 11.2 Å².